The zero-order valence-corrected chi connectivity index (χ0v) is 12.1. The Labute approximate surface area is 115 Å². The zero-order valence-electron chi connectivity index (χ0n) is 12.1. The minimum absolute atomic E-state index is 0.0390. The molecule has 0 unspecified atom stereocenters. The summed E-state index contributed by atoms with van der Waals surface area (Å²) in [4.78, 5) is 0. The summed E-state index contributed by atoms with van der Waals surface area (Å²) in [5, 5.41) is 9.46. The fraction of sp³-hybridized carbons (Fsp3) is 0.625. The van der Waals surface area contributed by atoms with Gasteiger partial charge in [-0.1, -0.05) is 44.2 Å². The van der Waals surface area contributed by atoms with Crippen LogP contribution < -0.4 is 0 Å². The molecule has 1 fully saturated rings. The maximum absolute atomic E-state index is 9.46. The molecule has 106 valence electrons. The number of aliphatic hydroxyl groups excluding tert-OH is 1. The van der Waals surface area contributed by atoms with Gasteiger partial charge in [0.1, 0.15) is 0 Å². The Bertz CT molecular complexity index is 402. The van der Waals surface area contributed by atoms with Gasteiger partial charge in [0, 0.05) is 11.8 Å². The van der Waals surface area contributed by atoms with Crippen molar-refractivity contribution in [2.75, 3.05) is 13.2 Å². The fourth-order valence-corrected chi connectivity index (χ4v) is 2.36. The van der Waals surface area contributed by atoms with Crippen molar-refractivity contribution < 1.29 is 14.6 Å². The monoisotopic (exact) mass is 264 g/mol. The van der Waals surface area contributed by atoms with Crippen LogP contribution in [0.3, 0.4) is 0 Å². The van der Waals surface area contributed by atoms with E-state index in [0.29, 0.717) is 6.61 Å². The molecule has 3 heteroatoms. The molecule has 0 radical (unpaired) electrons. The molecule has 0 aliphatic carbocycles. The van der Waals surface area contributed by atoms with E-state index in [2.05, 4.69) is 26.0 Å². The van der Waals surface area contributed by atoms with Gasteiger partial charge in [-0.3, -0.25) is 0 Å². The first-order valence-electron chi connectivity index (χ1n) is 6.92. The van der Waals surface area contributed by atoms with Crippen LogP contribution >= 0.6 is 0 Å². The molecule has 0 saturated carbocycles. The summed E-state index contributed by atoms with van der Waals surface area (Å²) in [7, 11) is 0. The van der Waals surface area contributed by atoms with Crippen molar-refractivity contribution in [1.29, 1.82) is 0 Å². The maximum Gasteiger partial charge on any atom is 0.166 e. The second-order valence-corrected chi connectivity index (χ2v) is 6.19. The Morgan fingerprint density at radius 2 is 1.89 bits per heavy atom. The molecular formula is C16H24O3. The highest BCUT2D eigenvalue weighted by Crippen LogP contribution is 2.36. The van der Waals surface area contributed by atoms with Gasteiger partial charge in [-0.25, -0.2) is 0 Å². The molecule has 1 aromatic carbocycles. The smallest absolute Gasteiger partial charge is 0.166 e. The lowest BCUT2D eigenvalue weighted by atomic mass is 9.86. The molecule has 1 heterocycles. The largest absolute Gasteiger partial charge is 0.394 e. The van der Waals surface area contributed by atoms with Gasteiger partial charge in [0.15, 0.2) is 5.79 Å². The van der Waals surface area contributed by atoms with Gasteiger partial charge < -0.3 is 14.6 Å². The van der Waals surface area contributed by atoms with Crippen molar-refractivity contribution in [3.05, 3.63) is 35.9 Å². The average Bonchev–Trinajstić information content (AvgIpc) is 2.41. The van der Waals surface area contributed by atoms with Gasteiger partial charge in [0.2, 0.25) is 0 Å². The van der Waals surface area contributed by atoms with Crippen molar-refractivity contribution in [2.24, 2.45) is 5.41 Å². The molecule has 1 N–H and O–H groups in total. The van der Waals surface area contributed by atoms with Crippen LogP contribution in [0.1, 0.15) is 32.8 Å². The third-order valence-corrected chi connectivity index (χ3v) is 3.89. The third-order valence-electron chi connectivity index (χ3n) is 3.89. The molecule has 1 aliphatic rings. The van der Waals surface area contributed by atoms with Crippen LogP contribution in [-0.2, 0) is 15.9 Å². The van der Waals surface area contributed by atoms with E-state index in [4.69, 9.17) is 9.47 Å². The van der Waals surface area contributed by atoms with E-state index < -0.39 is 5.79 Å². The van der Waals surface area contributed by atoms with Crippen LogP contribution in [-0.4, -0.2) is 30.2 Å². The van der Waals surface area contributed by atoms with E-state index >= 15 is 0 Å². The van der Waals surface area contributed by atoms with E-state index in [9.17, 15) is 5.11 Å². The molecule has 2 rings (SSSR count). The Kier molecular flexibility index (Phi) is 4.29. The predicted octanol–water partition coefficient (Wildman–Crippen LogP) is 2.77. The SMILES string of the molecule is CC1(C)CO[C@@](C)(CCc2ccccc2)O[C@@H]1CO. The molecule has 0 spiro atoms. The first-order chi connectivity index (χ1) is 8.95. The highest BCUT2D eigenvalue weighted by atomic mass is 16.7. The van der Waals surface area contributed by atoms with Crippen molar-refractivity contribution in [2.45, 2.75) is 45.5 Å². The lowest BCUT2D eigenvalue weighted by molar-refractivity contribution is -0.327. The number of hydrogen-bond acceptors (Lipinski definition) is 3. The Hall–Kier alpha value is -0.900. The lowest BCUT2D eigenvalue weighted by Crippen LogP contribution is -2.53. The number of hydrogen-bond donors (Lipinski definition) is 1. The third kappa shape index (κ3) is 3.56. The van der Waals surface area contributed by atoms with E-state index in [-0.39, 0.29) is 18.1 Å². The summed E-state index contributed by atoms with van der Waals surface area (Å²) in [6, 6.07) is 10.3. The van der Waals surface area contributed by atoms with Crippen LogP contribution in [0, 0.1) is 5.41 Å². The second-order valence-electron chi connectivity index (χ2n) is 6.19. The minimum Gasteiger partial charge on any atom is -0.394 e. The molecule has 0 amide bonds. The molecule has 19 heavy (non-hydrogen) atoms. The topological polar surface area (TPSA) is 38.7 Å². The number of aryl methyl sites for hydroxylation is 1. The summed E-state index contributed by atoms with van der Waals surface area (Å²) < 4.78 is 11.9. The normalized spacial score (nSPS) is 30.2. The predicted molar refractivity (Wildman–Crippen MR) is 74.9 cm³/mol. The van der Waals surface area contributed by atoms with Crippen LogP contribution in [0.2, 0.25) is 0 Å². The van der Waals surface area contributed by atoms with Gasteiger partial charge in [-0.15, -0.1) is 0 Å². The average molecular weight is 264 g/mol. The number of aliphatic hydroxyl groups is 1. The van der Waals surface area contributed by atoms with E-state index in [1.54, 1.807) is 0 Å². The second kappa shape index (κ2) is 5.61. The molecular weight excluding hydrogens is 240 g/mol. The molecule has 0 bridgehead atoms. The van der Waals surface area contributed by atoms with Crippen molar-refractivity contribution in [3.8, 4) is 0 Å². The standard InChI is InChI=1S/C16H24O3/c1-15(2)12-18-16(3,19-14(15)11-17)10-9-13-7-5-4-6-8-13/h4-8,14,17H,9-12H2,1-3H3/t14-,16-/m1/s1. The summed E-state index contributed by atoms with van der Waals surface area (Å²) >= 11 is 0. The molecule has 0 aromatic heterocycles. The van der Waals surface area contributed by atoms with Gasteiger partial charge in [0.25, 0.3) is 0 Å². The van der Waals surface area contributed by atoms with Crippen LogP contribution in [0.5, 0.6) is 0 Å². The van der Waals surface area contributed by atoms with E-state index in [0.717, 1.165) is 12.8 Å². The first-order valence-corrected chi connectivity index (χ1v) is 6.92. The molecule has 1 aromatic rings. The van der Waals surface area contributed by atoms with Crippen molar-refractivity contribution >= 4 is 0 Å². The van der Waals surface area contributed by atoms with E-state index in [1.807, 2.05) is 25.1 Å². The number of benzene rings is 1. The number of rotatable bonds is 4. The van der Waals surface area contributed by atoms with Crippen LogP contribution in [0.4, 0.5) is 0 Å². The highest BCUT2D eigenvalue weighted by molar-refractivity contribution is 5.14. The zero-order chi connectivity index (χ0) is 13.9. The maximum atomic E-state index is 9.46. The molecule has 2 atom stereocenters. The van der Waals surface area contributed by atoms with Gasteiger partial charge in [0.05, 0.1) is 19.3 Å². The first kappa shape index (κ1) is 14.5. The Balaban J connectivity index is 1.96. The van der Waals surface area contributed by atoms with Crippen molar-refractivity contribution in [3.63, 3.8) is 0 Å². The highest BCUT2D eigenvalue weighted by Gasteiger charge is 2.43. The minimum atomic E-state index is -0.598. The van der Waals surface area contributed by atoms with Crippen molar-refractivity contribution in [1.82, 2.24) is 0 Å². The lowest BCUT2D eigenvalue weighted by Gasteiger charge is -2.46. The molecule has 1 aliphatic heterocycles. The summed E-state index contributed by atoms with van der Waals surface area (Å²) in [6.07, 6.45) is 1.54. The Morgan fingerprint density at radius 1 is 1.21 bits per heavy atom. The molecule has 1 saturated heterocycles. The van der Waals surface area contributed by atoms with Crippen LogP contribution in [0.25, 0.3) is 0 Å². The van der Waals surface area contributed by atoms with Gasteiger partial charge >= 0.3 is 0 Å². The summed E-state index contributed by atoms with van der Waals surface area (Å²) in [6.45, 7) is 6.74. The summed E-state index contributed by atoms with van der Waals surface area (Å²) in [5.74, 6) is -0.598. The van der Waals surface area contributed by atoms with Gasteiger partial charge in [-0.05, 0) is 18.9 Å². The number of ether oxygens (including phenoxy) is 2. The summed E-state index contributed by atoms with van der Waals surface area (Å²) in [5.41, 5.74) is 1.14. The molecule has 3 nitrogen and oxygen atoms in total. The van der Waals surface area contributed by atoms with Crippen LogP contribution in [0.15, 0.2) is 30.3 Å². The quantitative estimate of drug-likeness (QED) is 0.909. The van der Waals surface area contributed by atoms with Gasteiger partial charge in [-0.2, -0.15) is 0 Å². The fourth-order valence-electron chi connectivity index (χ4n) is 2.36. The van der Waals surface area contributed by atoms with E-state index in [1.165, 1.54) is 5.56 Å². The Morgan fingerprint density at radius 3 is 2.53 bits per heavy atom.